The summed E-state index contributed by atoms with van der Waals surface area (Å²) in [6, 6.07) is 9.72. The number of rotatable bonds is 5. The Balaban J connectivity index is 1.95. The van der Waals surface area contributed by atoms with Crippen LogP contribution in [0.5, 0.6) is 0 Å². The molecule has 0 aliphatic rings. The van der Waals surface area contributed by atoms with Crippen molar-refractivity contribution in [2.24, 2.45) is 0 Å². The van der Waals surface area contributed by atoms with Crippen molar-refractivity contribution in [3.8, 4) is 0 Å². The van der Waals surface area contributed by atoms with Gasteiger partial charge in [-0.1, -0.05) is 30.0 Å². The number of hydrogen-bond donors (Lipinski definition) is 0. The van der Waals surface area contributed by atoms with Crippen LogP contribution in [0.1, 0.15) is 23.9 Å². The van der Waals surface area contributed by atoms with Crippen LogP contribution < -0.4 is 4.90 Å². The van der Waals surface area contributed by atoms with Crippen molar-refractivity contribution in [2.45, 2.75) is 32.3 Å². The number of para-hydroxylation sites is 1. The first-order valence-electron chi connectivity index (χ1n) is 8.17. The van der Waals surface area contributed by atoms with Gasteiger partial charge in [0.15, 0.2) is 0 Å². The molecule has 0 fully saturated rings. The maximum Gasteiger partial charge on any atom is 0.253 e. The number of nitrogens with zero attached hydrogens (tertiary/aromatic N) is 5. The number of aryl methyl sites for hydroxylation is 2. The SMILES string of the molecule is CCN(C(=O)Cc1c(C)nc2nc(SC)nn2c1C)c1ccccc1. The van der Waals surface area contributed by atoms with Gasteiger partial charge in [-0.05, 0) is 39.2 Å². The van der Waals surface area contributed by atoms with Crippen LogP contribution in [-0.2, 0) is 11.2 Å². The first-order chi connectivity index (χ1) is 12.0. The molecule has 0 saturated carbocycles. The van der Waals surface area contributed by atoms with Crippen molar-refractivity contribution < 1.29 is 4.79 Å². The van der Waals surface area contributed by atoms with E-state index in [1.807, 2.05) is 57.4 Å². The molecule has 3 aromatic rings. The van der Waals surface area contributed by atoms with Gasteiger partial charge in [0.1, 0.15) is 0 Å². The van der Waals surface area contributed by atoms with E-state index in [0.717, 1.165) is 22.6 Å². The maximum atomic E-state index is 12.9. The maximum absolute atomic E-state index is 12.9. The second-order valence-corrected chi connectivity index (χ2v) is 6.50. The molecule has 0 unspecified atom stereocenters. The summed E-state index contributed by atoms with van der Waals surface area (Å²) in [5, 5.41) is 5.12. The summed E-state index contributed by atoms with van der Waals surface area (Å²) in [7, 11) is 0. The van der Waals surface area contributed by atoms with Crippen molar-refractivity contribution in [1.82, 2.24) is 19.6 Å². The van der Waals surface area contributed by atoms with Gasteiger partial charge >= 0.3 is 0 Å². The zero-order valence-electron chi connectivity index (χ0n) is 14.9. The largest absolute Gasteiger partial charge is 0.312 e. The number of carbonyl (C=O) groups excluding carboxylic acids is 1. The highest BCUT2D eigenvalue weighted by atomic mass is 32.2. The lowest BCUT2D eigenvalue weighted by Crippen LogP contribution is -2.32. The van der Waals surface area contributed by atoms with Crippen molar-refractivity contribution in [1.29, 1.82) is 0 Å². The van der Waals surface area contributed by atoms with Gasteiger partial charge in [-0.15, -0.1) is 5.10 Å². The Kier molecular flexibility index (Phi) is 5.03. The Labute approximate surface area is 151 Å². The first-order valence-corrected chi connectivity index (χ1v) is 9.39. The lowest BCUT2D eigenvalue weighted by molar-refractivity contribution is -0.118. The lowest BCUT2D eigenvalue weighted by Gasteiger charge is -2.22. The molecule has 6 nitrogen and oxygen atoms in total. The van der Waals surface area contributed by atoms with E-state index in [1.54, 1.807) is 9.42 Å². The molecule has 2 aromatic heterocycles. The fourth-order valence-electron chi connectivity index (χ4n) is 2.89. The molecule has 3 rings (SSSR count). The van der Waals surface area contributed by atoms with E-state index in [-0.39, 0.29) is 12.3 Å². The minimum atomic E-state index is 0.0475. The number of aromatic nitrogens is 4. The highest BCUT2D eigenvalue weighted by Gasteiger charge is 2.19. The van der Waals surface area contributed by atoms with Gasteiger partial charge in [0.05, 0.1) is 6.42 Å². The Morgan fingerprint density at radius 3 is 2.56 bits per heavy atom. The van der Waals surface area contributed by atoms with E-state index in [1.165, 1.54) is 11.8 Å². The molecule has 0 spiro atoms. The second kappa shape index (κ2) is 7.23. The fraction of sp³-hybridized carbons (Fsp3) is 0.333. The van der Waals surface area contributed by atoms with Gasteiger partial charge in [0.25, 0.3) is 5.78 Å². The molecule has 0 saturated heterocycles. The van der Waals surface area contributed by atoms with Gasteiger partial charge in [0.2, 0.25) is 11.1 Å². The van der Waals surface area contributed by atoms with Crippen molar-refractivity contribution in [2.75, 3.05) is 17.7 Å². The molecule has 0 atom stereocenters. The number of benzene rings is 1. The average Bonchev–Trinajstić information content (AvgIpc) is 3.03. The second-order valence-electron chi connectivity index (χ2n) is 5.72. The van der Waals surface area contributed by atoms with Crippen molar-refractivity contribution >= 4 is 29.1 Å². The molecule has 25 heavy (non-hydrogen) atoms. The molecule has 0 radical (unpaired) electrons. The van der Waals surface area contributed by atoms with Gasteiger partial charge in [-0.2, -0.15) is 4.98 Å². The van der Waals surface area contributed by atoms with Gasteiger partial charge in [-0.3, -0.25) is 4.79 Å². The molecular formula is C18H21N5OS. The normalized spacial score (nSPS) is 11.0. The predicted octanol–water partition coefficient (Wildman–Crippen LogP) is 3.06. The monoisotopic (exact) mass is 355 g/mol. The average molecular weight is 355 g/mol. The molecule has 130 valence electrons. The van der Waals surface area contributed by atoms with E-state index in [0.29, 0.717) is 17.5 Å². The number of anilines is 1. The minimum absolute atomic E-state index is 0.0475. The molecule has 0 aliphatic heterocycles. The Hall–Kier alpha value is -2.41. The van der Waals surface area contributed by atoms with Crippen LogP contribution in [-0.4, -0.2) is 38.3 Å². The van der Waals surface area contributed by atoms with E-state index < -0.39 is 0 Å². The topological polar surface area (TPSA) is 63.4 Å². The zero-order valence-corrected chi connectivity index (χ0v) is 15.7. The molecule has 1 aromatic carbocycles. The molecular weight excluding hydrogens is 334 g/mol. The van der Waals surface area contributed by atoms with Crippen LogP contribution in [0.2, 0.25) is 0 Å². The summed E-state index contributed by atoms with van der Waals surface area (Å²) < 4.78 is 1.72. The van der Waals surface area contributed by atoms with Crippen LogP contribution in [0.25, 0.3) is 5.78 Å². The minimum Gasteiger partial charge on any atom is -0.312 e. The predicted molar refractivity (Wildman–Crippen MR) is 100 cm³/mol. The Morgan fingerprint density at radius 1 is 1.20 bits per heavy atom. The summed E-state index contributed by atoms with van der Waals surface area (Å²) in [6.45, 7) is 6.48. The third kappa shape index (κ3) is 3.37. The van der Waals surface area contributed by atoms with E-state index in [9.17, 15) is 4.79 Å². The van der Waals surface area contributed by atoms with Gasteiger partial charge in [-0.25, -0.2) is 9.50 Å². The highest BCUT2D eigenvalue weighted by Crippen LogP contribution is 2.20. The van der Waals surface area contributed by atoms with Crippen LogP contribution in [0.15, 0.2) is 35.5 Å². The van der Waals surface area contributed by atoms with Gasteiger partial charge < -0.3 is 4.90 Å². The standard InChI is InChI=1S/C18H21N5OS/c1-5-22(14-9-7-6-8-10-14)16(24)11-15-12(2)19-17-20-18(25-4)21-23(17)13(15)3/h6-10H,5,11H2,1-4H3. The van der Waals surface area contributed by atoms with Crippen LogP contribution in [0.4, 0.5) is 5.69 Å². The highest BCUT2D eigenvalue weighted by molar-refractivity contribution is 7.98. The summed E-state index contributed by atoms with van der Waals surface area (Å²) in [4.78, 5) is 23.6. The molecule has 7 heteroatoms. The third-order valence-electron chi connectivity index (χ3n) is 4.23. The van der Waals surface area contributed by atoms with Crippen molar-refractivity contribution in [3.05, 3.63) is 47.3 Å². The summed E-state index contributed by atoms with van der Waals surface area (Å²) in [5.74, 6) is 0.622. The van der Waals surface area contributed by atoms with Crippen molar-refractivity contribution in [3.63, 3.8) is 0 Å². The molecule has 1 amide bonds. The van der Waals surface area contributed by atoms with Crippen LogP contribution in [0.3, 0.4) is 0 Å². The quantitative estimate of drug-likeness (QED) is 0.658. The molecule has 0 N–H and O–H groups in total. The molecule has 2 heterocycles. The number of amides is 1. The van der Waals surface area contributed by atoms with E-state index in [4.69, 9.17) is 0 Å². The smallest absolute Gasteiger partial charge is 0.253 e. The summed E-state index contributed by atoms with van der Waals surface area (Å²) in [6.07, 6.45) is 2.22. The van der Waals surface area contributed by atoms with E-state index >= 15 is 0 Å². The number of thioether (sulfide) groups is 1. The zero-order chi connectivity index (χ0) is 18.0. The lowest BCUT2D eigenvalue weighted by atomic mass is 10.1. The van der Waals surface area contributed by atoms with E-state index in [2.05, 4.69) is 15.1 Å². The van der Waals surface area contributed by atoms with Crippen LogP contribution in [0, 0.1) is 13.8 Å². The Morgan fingerprint density at radius 2 is 1.92 bits per heavy atom. The number of hydrogen-bond acceptors (Lipinski definition) is 5. The first kappa shape index (κ1) is 17.4. The number of likely N-dealkylation sites (N-methyl/N-ethyl adjacent to an activating group) is 1. The summed E-state index contributed by atoms with van der Waals surface area (Å²) in [5.41, 5.74) is 3.55. The number of fused-ring (bicyclic) bond motifs is 1. The third-order valence-corrected chi connectivity index (χ3v) is 4.76. The van der Waals surface area contributed by atoms with Crippen LogP contribution >= 0.6 is 11.8 Å². The molecule has 0 bridgehead atoms. The fourth-order valence-corrected chi connectivity index (χ4v) is 3.23. The summed E-state index contributed by atoms with van der Waals surface area (Å²) >= 11 is 1.48. The Bertz CT molecular complexity index is 907. The number of carbonyl (C=O) groups is 1. The molecule has 0 aliphatic carbocycles. The van der Waals surface area contributed by atoms with Gasteiger partial charge in [0, 0.05) is 29.2 Å².